The second kappa shape index (κ2) is 8.84. The average Bonchev–Trinajstić information content (AvgIpc) is 2.49. The predicted molar refractivity (Wildman–Crippen MR) is 81.4 cm³/mol. The third-order valence-electron chi connectivity index (χ3n) is 3.22. The molecule has 0 saturated carbocycles. The van der Waals surface area contributed by atoms with E-state index in [1.165, 1.54) is 17.5 Å². The molecule has 0 atom stereocenters. The standard InChI is InChI=1S/C15H22O2.C2H6/c1-3-5-8-16-14-10-12(4-2)11-15-13(14)7-6-9-17-15;1-2/h10-11H,3-9H2,1-2H3;1-2H3. The van der Waals surface area contributed by atoms with Crippen molar-refractivity contribution in [2.24, 2.45) is 0 Å². The van der Waals surface area contributed by atoms with Crippen molar-refractivity contribution in [1.29, 1.82) is 0 Å². The van der Waals surface area contributed by atoms with E-state index < -0.39 is 0 Å². The molecule has 0 amide bonds. The number of rotatable bonds is 5. The van der Waals surface area contributed by atoms with Gasteiger partial charge >= 0.3 is 0 Å². The summed E-state index contributed by atoms with van der Waals surface area (Å²) in [6.07, 6.45) is 5.50. The van der Waals surface area contributed by atoms with E-state index in [0.29, 0.717) is 0 Å². The Morgan fingerprint density at radius 3 is 2.68 bits per heavy atom. The first-order valence-electron chi connectivity index (χ1n) is 7.76. The highest BCUT2D eigenvalue weighted by atomic mass is 16.5. The van der Waals surface area contributed by atoms with E-state index in [1.54, 1.807) is 0 Å². The van der Waals surface area contributed by atoms with E-state index in [2.05, 4.69) is 26.0 Å². The topological polar surface area (TPSA) is 18.5 Å². The summed E-state index contributed by atoms with van der Waals surface area (Å²) in [7, 11) is 0. The van der Waals surface area contributed by atoms with Crippen LogP contribution in [0.1, 0.15) is 58.1 Å². The van der Waals surface area contributed by atoms with Crippen LogP contribution in [0.3, 0.4) is 0 Å². The molecule has 0 radical (unpaired) electrons. The van der Waals surface area contributed by atoms with Crippen molar-refractivity contribution in [3.63, 3.8) is 0 Å². The van der Waals surface area contributed by atoms with Crippen molar-refractivity contribution in [3.05, 3.63) is 23.3 Å². The number of aryl methyl sites for hydroxylation is 1. The molecule has 19 heavy (non-hydrogen) atoms. The van der Waals surface area contributed by atoms with Crippen LogP contribution in [-0.2, 0) is 12.8 Å². The van der Waals surface area contributed by atoms with Crippen molar-refractivity contribution in [2.45, 2.75) is 59.8 Å². The first-order chi connectivity index (χ1) is 9.35. The van der Waals surface area contributed by atoms with Gasteiger partial charge in [0, 0.05) is 5.56 Å². The van der Waals surface area contributed by atoms with Gasteiger partial charge in [0.05, 0.1) is 13.2 Å². The highest BCUT2D eigenvalue weighted by molar-refractivity contribution is 5.49. The SMILES string of the molecule is CC.CCCCOc1cc(CC)cc2c1CCCO2. The summed E-state index contributed by atoms with van der Waals surface area (Å²) in [5.74, 6) is 2.09. The van der Waals surface area contributed by atoms with Crippen LogP contribution in [0.5, 0.6) is 11.5 Å². The summed E-state index contributed by atoms with van der Waals surface area (Å²) < 4.78 is 11.6. The molecule has 1 heterocycles. The fraction of sp³-hybridized carbons (Fsp3) is 0.647. The molecule has 0 aromatic heterocycles. The largest absolute Gasteiger partial charge is 0.493 e. The van der Waals surface area contributed by atoms with E-state index in [-0.39, 0.29) is 0 Å². The molecule has 0 unspecified atom stereocenters. The molecule has 1 aromatic carbocycles. The van der Waals surface area contributed by atoms with Crippen LogP contribution < -0.4 is 9.47 Å². The summed E-state index contributed by atoms with van der Waals surface area (Å²) in [4.78, 5) is 0. The molecule has 1 aliphatic heterocycles. The molecule has 2 heteroatoms. The van der Waals surface area contributed by atoms with Gasteiger partial charge in [0.15, 0.2) is 0 Å². The predicted octanol–water partition coefficient (Wildman–Crippen LogP) is 4.78. The number of benzene rings is 1. The minimum absolute atomic E-state index is 0.816. The summed E-state index contributed by atoms with van der Waals surface area (Å²) >= 11 is 0. The van der Waals surface area contributed by atoms with Crippen LogP contribution in [0, 0.1) is 0 Å². The summed E-state index contributed by atoms with van der Waals surface area (Å²) in [5, 5.41) is 0. The molecule has 1 aromatic rings. The zero-order valence-electron chi connectivity index (χ0n) is 12.9. The Morgan fingerprint density at radius 1 is 1.21 bits per heavy atom. The highest BCUT2D eigenvalue weighted by Gasteiger charge is 2.16. The Morgan fingerprint density at radius 2 is 2.00 bits per heavy atom. The molecule has 108 valence electrons. The molecule has 0 N–H and O–H groups in total. The first-order valence-corrected chi connectivity index (χ1v) is 7.76. The molecule has 2 rings (SSSR count). The van der Waals surface area contributed by atoms with Crippen LogP contribution in [0.25, 0.3) is 0 Å². The first kappa shape index (κ1) is 15.9. The van der Waals surface area contributed by atoms with Gasteiger partial charge in [-0.05, 0) is 43.4 Å². The number of unbranched alkanes of at least 4 members (excludes halogenated alkanes) is 1. The fourth-order valence-electron chi connectivity index (χ4n) is 2.14. The van der Waals surface area contributed by atoms with Gasteiger partial charge in [0.1, 0.15) is 11.5 Å². The molecule has 0 fully saturated rings. The van der Waals surface area contributed by atoms with E-state index in [1.807, 2.05) is 13.8 Å². The second-order valence-electron chi connectivity index (χ2n) is 4.58. The van der Waals surface area contributed by atoms with Gasteiger partial charge in [-0.2, -0.15) is 0 Å². The maximum absolute atomic E-state index is 5.91. The van der Waals surface area contributed by atoms with Gasteiger partial charge in [-0.25, -0.2) is 0 Å². The van der Waals surface area contributed by atoms with Crippen molar-refractivity contribution in [1.82, 2.24) is 0 Å². The molecule has 1 aliphatic rings. The van der Waals surface area contributed by atoms with E-state index >= 15 is 0 Å². The fourth-order valence-corrected chi connectivity index (χ4v) is 2.14. The van der Waals surface area contributed by atoms with Crippen molar-refractivity contribution < 1.29 is 9.47 Å². The maximum Gasteiger partial charge on any atom is 0.126 e. The molecule has 0 saturated heterocycles. The van der Waals surface area contributed by atoms with Crippen LogP contribution >= 0.6 is 0 Å². The Kier molecular flexibility index (Phi) is 7.39. The Labute approximate surface area is 118 Å². The normalized spacial score (nSPS) is 12.8. The molecule has 0 spiro atoms. The lowest BCUT2D eigenvalue weighted by molar-refractivity contribution is 0.269. The van der Waals surface area contributed by atoms with Gasteiger partial charge < -0.3 is 9.47 Å². The lowest BCUT2D eigenvalue weighted by atomic mass is 10.0. The summed E-state index contributed by atoms with van der Waals surface area (Å²) in [6.45, 7) is 10.0. The quantitative estimate of drug-likeness (QED) is 0.713. The van der Waals surface area contributed by atoms with Gasteiger partial charge in [-0.15, -0.1) is 0 Å². The van der Waals surface area contributed by atoms with E-state index in [0.717, 1.165) is 50.4 Å². The zero-order chi connectivity index (χ0) is 14.1. The van der Waals surface area contributed by atoms with Gasteiger partial charge in [-0.3, -0.25) is 0 Å². The van der Waals surface area contributed by atoms with Gasteiger partial charge in [0.2, 0.25) is 0 Å². The Balaban J connectivity index is 0.000000861. The molecular weight excluding hydrogens is 236 g/mol. The summed E-state index contributed by atoms with van der Waals surface area (Å²) in [5.41, 5.74) is 2.57. The van der Waals surface area contributed by atoms with E-state index in [9.17, 15) is 0 Å². The minimum atomic E-state index is 0.816. The maximum atomic E-state index is 5.91. The van der Waals surface area contributed by atoms with Crippen molar-refractivity contribution in [2.75, 3.05) is 13.2 Å². The van der Waals surface area contributed by atoms with Crippen LogP contribution in [-0.4, -0.2) is 13.2 Å². The van der Waals surface area contributed by atoms with Gasteiger partial charge in [0.25, 0.3) is 0 Å². The van der Waals surface area contributed by atoms with Crippen LogP contribution in [0.15, 0.2) is 12.1 Å². The third kappa shape index (κ3) is 4.45. The van der Waals surface area contributed by atoms with Gasteiger partial charge in [-0.1, -0.05) is 34.1 Å². The minimum Gasteiger partial charge on any atom is -0.493 e. The molecule has 2 nitrogen and oxygen atoms in total. The second-order valence-corrected chi connectivity index (χ2v) is 4.58. The number of ether oxygens (including phenoxy) is 2. The highest BCUT2D eigenvalue weighted by Crippen LogP contribution is 2.34. The molecule has 0 bridgehead atoms. The monoisotopic (exact) mass is 264 g/mol. The van der Waals surface area contributed by atoms with Crippen molar-refractivity contribution >= 4 is 0 Å². The van der Waals surface area contributed by atoms with Crippen molar-refractivity contribution in [3.8, 4) is 11.5 Å². The average molecular weight is 264 g/mol. The zero-order valence-corrected chi connectivity index (χ0v) is 12.9. The smallest absolute Gasteiger partial charge is 0.126 e. The Hall–Kier alpha value is -1.18. The molecular formula is C17H28O2. The van der Waals surface area contributed by atoms with Crippen LogP contribution in [0.2, 0.25) is 0 Å². The lowest BCUT2D eigenvalue weighted by Crippen LogP contribution is -2.11. The number of fused-ring (bicyclic) bond motifs is 1. The molecule has 0 aliphatic carbocycles. The Bertz CT molecular complexity index is 372. The number of hydrogen-bond donors (Lipinski definition) is 0. The van der Waals surface area contributed by atoms with E-state index in [4.69, 9.17) is 9.47 Å². The van der Waals surface area contributed by atoms with Crippen LogP contribution in [0.4, 0.5) is 0 Å². The number of hydrogen-bond acceptors (Lipinski definition) is 2. The summed E-state index contributed by atoms with van der Waals surface area (Å²) in [6, 6.07) is 4.35. The third-order valence-corrected chi connectivity index (χ3v) is 3.22. The lowest BCUT2D eigenvalue weighted by Gasteiger charge is -2.21.